The highest BCUT2D eigenvalue weighted by Gasteiger charge is 2.18. The molecule has 0 unspecified atom stereocenters. The van der Waals surface area contributed by atoms with Crippen LogP contribution in [0.1, 0.15) is 42.5 Å². The predicted octanol–water partition coefficient (Wildman–Crippen LogP) is 0.855. The Morgan fingerprint density at radius 3 is 2.73 bits per heavy atom. The van der Waals surface area contributed by atoms with E-state index in [0.717, 1.165) is 0 Å². The van der Waals surface area contributed by atoms with Gasteiger partial charge in [0.2, 0.25) is 11.8 Å². The molecule has 0 spiro atoms. The van der Waals surface area contributed by atoms with Crippen molar-refractivity contribution in [1.82, 2.24) is 20.4 Å². The third-order valence-electron chi connectivity index (χ3n) is 3.96. The fourth-order valence-corrected chi connectivity index (χ4v) is 2.74. The number of aryl methyl sites for hydroxylation is 1. The first-order chi connectivity index (χ1) is 10.6. The fourth-order valence-electron chi connectivity index (χ4n) is 2.74. The van der Waals surface area contributed by atoms with Crippen LogP contribution in [0.4, 0.5) is 0 Å². The van der Waals surface area contributed by atoms with Gasteiger partial charge in [-0.3, -0.25) is 14.3 Å². The van der Waals surface area contributed by atoms with Crippen molar-refractivity contribution in [2.45, 2.75) is 32.1 Å². The normalized spacial score (nSPS) is 15.4. The van der Waals surface area contributed by atoms with Gasteiger partial charge in [0.25, 0.3) is 5.91 Å². The fraction of sp³-hybridized carbons (Fsp3) is 0.667. The van der Waals surface area contributed by atoms with Gasteiger partial charge < -0.3 is 15.4 Å². The Bertz CT molecular complexity index is 521. The molecule has 2 amide bonds. The van der Waals surface area contributed by atoms with Crippen molar-refractivity contribution in [2.75, 3.05) is 20.2 Å². The van der Waals surface area contributed by atoms with Gasteiger partial charge in [-0.1, -0.05) is 19.3 Å². The molecule has 22 heavy (non-hydrogen) atoms. The lowest BCUT2D eigenvalue weighted by atomic mass is 9.89. The summed E-state index contributed by atoms with van der Waals surface area (Å²) in [6, 6.07) is 0. The van der Waals surface area contributed by atoms with Crippen LogP contribution in [0, 0.1) is 5.92 Å². The number of hydrogen-bond acceptors (Lipinski definition) is 4. The minimum absolute atomic E-state index is 0.0381. The molecule has 0 atom stereocenters. The molecule has 0 saturated heterocycles. The second kappa shape index (κ2) is 7.82. The van der Waals surface area contributed by atoms with Gasteiger partial charge in [0.1, 0.15) is 5.56 Å². The van der Waals surface area contributed by atoms with Crippen LogP contribution in [-0.2, 0) is 11.8 Å². The van der Waals surface area contributed by atoms with Crippen molar-refractivity contribution in [2.24, 2.45) is 13.0 Å². The molecule has 1 aromatic heterocycles. The second-order valence-corrected chi connectivity index (χ2v) is 5.72. The van der Waals surface area contributed by atoms with E-state index in [2.05, 4.69) is 15.7 Å². The summed E-state index contributed by atoms with van der Waals surface area (Å²) < 4.78 is 6.52. The van der Waals surface area contributed by atoms with Gasteiger partial charge in [-0.25, -0.2) is 0 Å². The Balaban J connectivity index is 1.74. The van der Waals surface area contributed by atoms with Gasteiger partial charge in [-0.15, -0.1) is 5.10 Å². The topological polar surface area (TPSA) is 85.2 Å². The summed E-state index contributed by atoms with van der Waals surface area (Å²) in [5.74, 6) is 0.300. The standard InChI is InChI=1S/C15H24N4O3/c1-19-10-12(15(18-19)22-2)14(21)17-9-13(20)16-8-11-6-4-3-5-7-11/h10-11H,3-9H2,1-2H3,(H,16,20)(H,17,21). The maximum absolute atomic E-state index is 12.0. The van der Waals surface area contributed by atoms with E-state index in [9.17, 15) is 9.59 Å². The number of amides is 2. The highest BCUT2D eigenvalue weighted by Crippen LogP contribution is 2.22. The number of carbonyl (C=O) groups is 2. The van der Waals surface area contributed by atoms with Gasteiger partial charge in [0.15, 0.2) is 0 Å². The number of carbonyl (C=O) groups excluding carboxylic acids is 2. The Morgan fingerprint density at radius 2 is 2.05 bits per heavy atom. The number of hydrogen-bond donors (Lipinski definition) is 2. The molecule has 122 valence electrons. The Labute approximate surface area is 130 Å². The zero-order valence-corrected chi connectivity index (χ0v) is 13.2. The summed E-state index contributed by atoms with van der Waals surface area (Å²) in [6.45, 7) is 0.661. The minimum atomic E-state index is -0.363. The Hall–Kier alpha value is -2.05. The lowest BCUT2D eigenvalue weighted by Crippen LogP contribution is -2.39. The maximum Gasteiger partial charge on any atom is 0.258 e. The maximum atomic E-state index is 12.0. The average molecular weight is 308 g/mol. The van der Waals surface area contributed by atoms with Crippen LogP contribution in [-0.4, -0.2) is 41.8 Å². The number of nitrogens with zero attached hydrogens (tertiary/aromatic N) is 2. The van der Waals surface area contributed by atoms with Crippen LogP contribution >= 0.6 is 0 Å². The number of ether oxygens (including phenoxy) is 1. The molecular formula is C15H24N4O3. The van der Waals surface area contributed by atoms with E-state index in [0.29, 0.717) is 18.0 Å². The summed E-state index contributed by atoms with van der Waals surface area (Å²) in [4.78, 5) is 23.8. The number of rotatable bonds is 6. The van der Waals surface area contributed by atoms with Crippen molar-refractivity contribution >= 4 is 11.8 Å². The van der Waals surface area contributed by atoms with Crippen molar-refractivity contribution in [3.63, 3.8) is 0 Å². The van der Waals surface area contributed by atoms with E-state index in [1.165, 1.54) is 43.9 Å². The van der Waals surface area contributed by atoms with Crippen LogP contribution in [0.5, 0.6) is 5.88 Å². The van der Waals surface area contributed by atoms with E-state index < -0.39 is 0 Å². The van der Waals surface area contributed by atoms with Crippen molar-refractivity contribution in [3.05, 3.63) is 11.8 Å². The quantitative estimate of drug-likeness (QED) is 0.816. The molecule has 1 aromatic rings. The first-order valence-corrected chi connectivity index (χ1v) is 7.72. The van der Waals surface area contributed by atoms with Gasteiger partial charge in [0, 0.05) is 19.8 Å². The number of nitrogens with one attached hydrogen (secondary N) is 2. The van der Waals surface area contributed by atoms with Crippen molar-refractivity contribution < 1.29 is 14.3 Å². The Morgan fingerprint density at radius 1 is 1.32 bits per heavy atom. The monoisotopic (exact) mass is 308 g/mol. The van der Waals surface area contributed by atoms with Gasteiger partial charge in [-0.05, 0) is 18.8 Å². The first kappa shape index (κ1) is 16.3. The summed E-state index contributed by atoms with van der Waals surface area (Å²) >= 11 is 0. The lowest BCUT2D eigenvalue weighted by Gasteiger charge is -2.21. The van der Waals surface area contributed by atoms with Crippen LogP contribution in [0.2, 0.25) is 0 Å². The first-order valence-electron chi connectivity index (χ1n) is 7.72. The smallest absolute Gasteiger partial charge is 0.258 e. The van der Waals surface area contributed by atoms with Crippen LogP contribution < -0.4 is 15.4 Å². The predicted molar refractivity (Wildman–Crippen MR) is 81.7 cm³/mol. The van der Waals surface area contributed by atoms with Crippen LogP contribution in [0.15, 0.2) is 6.20 Å². The van der Waals surface area contributed by atoms with E-state index in [-0.39, 0.29) is 24.2 Å². The third kappa shape index (κ3) is 4.47. The van der Waals surface area contributed by atoms with Crippen molar-refractivity contribution in [1.29, 1.82) is 0 Å². The number of aromatic nitrogens is 2. The summed E-state index contributed by atoms with van der Waals surface area (Å²) in [5.41, 5.74) is 0.324. The van der Waals surface area contributed by atoms with Crippen LogP contribution in [0.25, 0.3) is 0 Å². The van der Waals surface area contributed by atoms with E-state index in [1.54, 1.807) is 13.2 Å². The second-order valence-electron chi connectivity index (χ2n) is 5.72. The van der Waals surface area contributed by atoms with Gasteiger partial charge in [-0.2, -0.15) is 0 Å². The van der Waals surface area contributed by atoms with E-state index >= 15 is 0 Å². The Kier molecular flexibility index (Phi) is 5.80. The molecule has 0 aliphatic heterocycles. The zero-order chi connectivity index (χ0) is 15.9. The molecule has 1 heterocycles. The number of methoxy groups -OCH3 is 1. The molecule has 1 saturated carbocycles. The van der Waals surface area contributed by atoms with Gasteiger partial charge >= 0.3 is 0 Å². The van der Waals surface area contributed by atoms with Crippen molar-refractivity contribution in [3.8, 4) is 5.88 Å². The molecule has 2 N–H and O–H groups in total. The minimum Gasteiger partial charge on any atom is -0.479 e. The molecule has 7 heteroatoms. The van der Waals surface area contributed by atoms with Crippen LogP contribution in [0.3, 0.4) is 0 Å². The highest BCUT2D eigenvalue weighted by molar-refractivity contribution is 5.98. The van der Waals surface area contributed by atoms with Gasteiger partial charge in [0.05, 0.1) is 13.7 Å². The molecule has 0 aromatic carbocycles. The summed E-state index contributed by atoms with van der Waals surface area (Å²) in [6.07, 6.45) is 7.72. The van der Waals surface area contributed by atoms with E-state index in [1.807, 2.05) is 0 Å². The summed E-state index contributed by atoms with van der Waals surface area (Å²) in [5, 5.41) is 9.49. The lowest BCUT2D eigenvalue weighted by molar-refractivity contribution is -0.120. The molecular weight excluding hydrogens is 284 g/mol. The third-order valence-corrected chi connectivity index (χ3v) is 3.96. The average Bonchev–Trinajstić information content (AvgIpc) is 2.92. The molecule has 0 radical (unpaired) electrons. The van der Waals surface area contributed by atoms with E-state index in [4.69, 9.17) is 4.74 Å². The molecule has 1 fully saturated rings. The largest absolute Gasteiger partial charge is 0.479 e. The highest BCUT2D eigenvalue weighted by atomic mass is 16.5. The molecule has 2 rings (SSSR count). The SMILES string of the molecule is COc1nn(C)cc1C(=O)NCC(=O)NCC1CCCCC1. The molecule has 1 aliphatic rings. The summed E-state index contributed by atoms with van der Waals surface area (Å²) in [7, 11) is 3.16. The molecule has 0 bridgehead atoms. The molecule has 1 aliphatic carbocycles. The zero-order valence-electron chi connectivity index (χ0n) is 13.2. The molecule has 7 nitrogen and oxygen atoms in total.